The first kappa shape index (κ1) is 11.4. The van der Waals surface area contributed by atoms with Crippen LogP contribution in [0.3, 0.4) is 0 Å². The molecule has 0 aliphatic heterocycles. The molecule has 0 rings (SSSR count). The molecule has 72 valence electrons. The Hall–Kier alpha value is -0.620. The van der Waals surface area contributed by atoms with Crippen molar-refractivity contribution >= 4 is 16.2 Å². The number of nitrogens with one attached hydrogen (secondary N) is 1. The van der Waals surface area contributed by atoms with E-state index in [1.807, 2.05) is 0 Å². The van der Waals surface area contributed by atoms with Crippen LogP contribution in [0, 0.1) is 0 Å². The van der Waals surface area contributed by atoms with Gasteiger partial charge in [0.2, 0.25) is 10.0 Å². The smallest absolute Gasteiger partial charge is 0.208 e. The Labute approximate surface area is 72.8 Å². The van der Waals surface area contributed by atoms with E-state index >= 15 is 0 Å². The van der Waals surface area contributed by atoms with Gasteiger partial charge in [-0.3, -0.25) is 0 Å². The molecule has 0 aromatic heterocycles. The van der Waals surface area contributed by atoms with E-state index in [0.29, 0.717) is 19.6 Å². The van der Waals surface area contributed by atoms with Crippen LogP contribution < -0.4 is 4.72 Å². The van der Waals surface area contributed by atoms with E-state index in [0.717, 1.165) is 6.26 Å². The zero-order chi connectivity index (χ0) is 9.45. The summed E-state index contributed by atoms with van der Waals surface area (Å²) in [5.41, 5.74) is 0. The summed E-state index contributed by atoms with van der Waals surface area (Å²) in [5, 5.41) is 3.50. The van der Waals surface area contributed by atoms with Crippen LogP contribution in [0.2, 0.25) is 0 Å². The molecule has 0 saturated carbocycles. The Kier molecular flexibility index (Phi) is 5.65. The molecule has 0 radical (unpaired) electrons. The standard InChI is InChI=1S/C6H14N2O3S/c1-3-7-11-6-4-5-8-12(2,9)10/h3,8H,4-6H2,1-2H3/b7-3+. The van der Waals surface area contributed by atoms with E-state index in [1.54, 1.807) is 6.92 Å². The van der Waals surface area contributed by atoms with Crippen LogP contribution in [0.5, 0.6) is 0 Å². The van der Waals surface area contributed by atoms with Crippen LogP contribution in [0.15, 0.2) is 5.16 Å². The molecule has 0 heterocycles. The lowest BCUT2D eigenvalue weighted by molar-refractivity contribution is 0.144. The number of oxime groups is 1. The van der Waals surface area contributed by atoms with Gasteiger partial charge in [-0.05, 0) is 13.3 Å². The van der Waals surface area contributed by atoms with E-state index in [1.165, 1.54) is 6.21 Å². The Bertz CT molecular complexity index is 223. The summed E-state index contributed by atoms with van der Waals surface area (Å²) in [4.78, 5) is 4.73. The maximum absolute atomic E-state index is 10.5. The van der Waals surface area contributed by atoms with Crippen molar-refractivity contribution < 1.29 is 13.3 Å². The van der Waals surface area contributed by atoms with Crippen molar-refractivity contribution in [1.29, 1.82) is 0 Å². The minimum absolute atomic E-state index is 0.387. The maximum Gasteiger partial charge on any atom is 0.208 e. The zero-order valence-corrected chi connectivity index (χ0v) is 8.10. The first-order valence-electron chi connectivity index (χ1n) is 3.61. The van der Waals surface area contributed by atoms with Crippen molar-refractivity contribution in [3.05, 3.63) is 0 Å². The molecule has 0 saturated heterocycles. The number of sulfonamides is 1. The molecule has 12 heavy (non-hydrogen) atoms. The largest absolute Gasteiger partial charge is 0.396 e. The van der Waals surface area contributed by atoms with Gasteiger partial charge in [-0.15, -0.1) is 0 Å². The van der Waals surface area contributed by atoms with Gasteiger partial charge in [-0.25, -0.2) is 13.1 Å². The maximum atomic E-state index is 10.5. The van der Waals surface area contributed by atoms with Gasteiger partial charge in [0.05, 0.1) is 6.26 Å². The third-order valence-corrected chi connectivity index (χ3v) is 1.69. The molecule has 0 aliphatic rings. The molecule has 1 N–H and O–H groups in total. The van der Waals surface area contributed by atoms with Crippen molar-refractivity contribution in [2.24, 2.45) is 5.16 Å². The first-order valence-corrected chi connectivity index (χ1v) is 5.50. The molecule has 0 unspecified atom stereocenters. The normalized spacial score (nSPS) is 12.2. The summed E-state index contributed by atoms with van der Waals surface area (Å²) in [6.07, 6.45) is 3.27. The van der Waals surface area contributed by atoms with Crippen molar-refractivity contribution in [3.63, 3.8) is 0 Å². The van der Waals surface area contributed by atoms with E-state index in [4.69, 9.17) is 4.84 Å². The van der Waals surface area contributed by atoms with Crippen molar-refractivity contribution in [3.8, 4) is 0 Å². The minimum atomic E-state index is -3.06. The van der Waals surface area contributed by atoms with Gasteiger partial charge in [0.25, 0.3) is 0 Å². The molecular formula is C6H14N2O3S. The van der Waals surface area contributed by atoms with Crippen LogP contribution in [0.1, 0.15) is 13.3 Å². The minimum Gasteiger partial charge on any atom is -0.396 e. The number of nitrogens with zero attached hydrogens (tertiary/aromatic N) is 1. The average molecular weight is 194 g/mol. The summed E-state index contributed by atoms with van der Waals surface area (Å²) in [6, 6.07) is 0. The van der Waals surface area contributed by atoms with E-state index in [9.17, 15) is 8.42 Å². The highest BCUT2D eigenvalue weighted by Gasteiger charge is 1.97. The van der Waals surface area contributed by atoms with Gasteiger partial charge in [-0.2, -0.15) is 0 Å². The zero-order valence-electron chi connectivity index (χ0n) is 7.28. The van der Waals surface area contributed by atoms with Crippen LogP contribution in [-0.4, -0.2) is 34.0 Å². The quantitative estimate of drug-likeness (QED) is 0.366. The van der Waals surface area contributed by atoms with Crippen molar-refractivity contribution in [2.75, 3.05) is 19.4 Å². The molecule has 0 bridgehead atoms. The molecule has 6 heteroatoms. The van der Waals surface area contributed by atoms with Gasteiger partial charge >= 0.3 is 0 Å². The van der Waals surface area contributed by atoms with Crippen LogP contribution in [-0.2, 0) is 14.9 Å². The lowest BCUT2D eigenvalue weighted by Crippen LogP contribution is -2.23. The SMILES string of the molecule is C/C=N/OCCCNS(C)(=O)=O. The second kappa shape index (κ2) is 5.96. The fraction of sp³-hybridized carbons (Fsp3) is 0.833. The van der Waals surface area contributed by atoms with E-state index in [-0.39, 0.29) is 0 Å². The molecule has 0 atom stereocenters. The Morgan fingerprint density at radius 2 is 2.25 bits per heavy atom. The molecule has 0 aromatic rings. The topological polar surface area (TPSA) is 67.8 Å². The van der Waals surface area contributed by atoms with E-state index in [2.05, 4.69) is 9.88 Å². The summed E-state index contributed by atoms with van der Waals surface area (Å²) < 4.78 is 23.4. The number of rotatable bonds is 6. The highest BCUT2D eigenvalue weighted by molar-refractivity contribution is 7.88. The van der Waals surface area contributed by atoms with Gasteiger partial charge in [0.1, 0.15) is 6.61 Å². The fourth-order valence-corrected chi connectivity index (χ4v) is 1.04. The van der Waals surface area contributed by atoms with Gasteiger partial charge < -0.3 is 4.84 Å². The summed E-state index contributed by atoms with van der Waals surface area (Å²) in [5.74, 6) is 0. The van der Waals surface area contributed by atoms with Crippen LogP contribution in [0.25, 0.3) is 0 Å². The lowest BCUT2D eigenvalue weighted by Gasteiger charge is -2.00. The summed E-state index contributed by atoms with van der Waals surface area (Å²) >= 11 is 0. The van der Waals surface area contributed by atoms with Crippen molar-refractivity contribution in [2.45, 2.75) is 13.3 Å². The average Bonchev–Trinajstić information content (AvgIpc) is 1.94. The Morgan fingerprint density at radius 1 is 1.58 bits per heavy atom. The number of hydrogen-bond donors (Lipinski definition) is 1. The molecular weight excluding hydrogens is 180 g/mol. The van der Waals surface area contributed by atoms with Crippen LogP contribution in [0.4, 0.5) is 0 Å². The lowest BCUT2D eigenvalue weighted by atomic mass is 10.5. The highest BCUT2D eigenvalue weighted by Crippen LogP contribution is 1.82. The second-order valence-electron chi connectivity index (χ2n) is 2.22. The molecule has 0 aromatic carbocycles. The first-order chi connectivity index (χ1) is 5.56. The van der Waals surface area contributed by atoms with Gasteiger partial charge in [0.15, 0.2) is 0 Å². The van der Waals surface area contributed by atoms with Crippen LogP contribution >= 0.6 is 0 Å². The molecule has 5 nitrogen and oxygen atoms in total. The highest BCUT2D eigenvalue weighted by atomic mass is 32.2. The molecule has 0 amide bonds. The molecule has 0 fully saturated rings. The predicted molar refractivity (Wildman–Crippen MR) is 47.6 cm³/mol. The Balaban J connectivity index is 3.23. The number of hydrogen-bond acceptors (Lipinski definition) is 4. The summed E-state index contributed by atoms with van der Waals surface area (Å²) in [7, 11) is -3.06. The second-order valence-corrected chi connectivity index (χ2v) is 4.05. The molecule has 0 aliphatic carbocycles. The third kappa shape index (κ3) is 9.38. The Morgan fingerprint density at radius 3 is 2.75 bits per heavy atom. The van der Waals surface area contributed by atoms with Gasteiger partial charge in [0, 0.05) is 12.8 Å². The van der Waals surface area contributed by atoms with Crippen molar-refractivity contribution in [1.82, 2.24) is 4.72 Å². The third-order valence-electron chi connectivity index (χ3n) is 0.957. The monoisotopic (exact) mass is 194 g/mol. The fourth-order valence-electron chi connectivity index (χ4n) is 0.522. The van der Waals surface area contributed by atoms with E-state index < -0.39 is 10.0 Å². The van der Waals surface area contributed by atoms with Gasteiger partial charge in [-0.1, -0.05) is 5.16 Å². The predicted octanol–water partition coefficient (Wildman–Crippen LogP) is -0.0520. The molecule has 0 spiro atoms. The summed E-state index contributed by atoms with van der Waals surface area (Å²) in [6.45, 7) is 2.56.